The van der Waals surface area contributed by atoms with Gasteiger partial charge in [0.05, 0.1) is 0 Å². The second kappa shape index (κ2) is 10.2. The van der Waals surface area contributed by atoms with Crippen LogP contribution in [0, 0.1) is 0 Å². The normalized spacial score (nSPS) is 12.9. The third-order valence-electron chi connectivity index (χ3n) is 5.87. The molecule has 3 aromatic rings. The molecule has 1 aliphatic carbocycles. The fraction of sp³-hybridized carbons (Fsp3) is 0.231. The minimum Gasteiger partial charge on any atom is -0.477 e. The highest BCUT2D eigenvalue weighted by Gasteiger charge is 2.29. The molecule has 2 aromatic carbocycles. The summed E-state index contributed by atoms with van der Waals surface area (Å²) in [5.41, 5.74) is 5.09. The van der Waals surface area contributed by atoms with Gasteiger partial charge in [0.15, 0.2) is 0 Å². The van der Waals surface area contributed by atoms with Gasteiger partial charge in [-0.15, -0.1) is 0 Å². The van der Waals surface area contributed by atoms with E-state index in [1.807, 2.05) is 36.4 Å². The Kier molecular flexibility index (Phi) is 6.87. The van der Waals surface area contributed by atoms with Gasteiger partial charge in [0.25, 0.3) is 0 Å². The van der Waals surface area contributed by atoms with Gasteiger partial charge < -0.3 is 20.5 Å². The molecule has 0 saturated heterocycles. The van der Waals surface area contributed by atoms with Crippen LogP contribution in [0.25, 0.3) is 11.1 Å². The average Bonchev–Trinajstić information content (AvgIpc) is 3.18. The summed E-state index contributed by atoms with van der Waals surface area (Å²) < 4.78 is 5.52. The van der Waals surface area contributed by atoms with E-state index < -0.39 is 18.1 Å². The average molecular weight is 460 g/mol. The lowest BCUT2D eigenvalue weighted by atomic mass is 9.98. The molecule has 0 saturated carbocycles. The molecule has 3 N–H and O–H groups in total. The van der Waals surface area contributed by atoms with Gasteiger partial charge in [0.1, 0.15) is 18.3 Å². The van der Waals surface area contributed by atoms with Crippen LogP contribution in [0.1, 0.15) is 46.4 Å². The largest absolute Gasteiger partial charge is 0.477 e. The van der Waals surface area contributed by atoms with Crippen molar-refractivity contribution in [1.82, 2.24) is 15.6 Å². The predicted octanol–water partition coefficient (Wildman–Crippen LogP) is 3.71. The van der Waals surface area contributed by atoms with Crippen LogP contribution in [0.4, 0.5) is 4.79 Å². The van der Waals surface area contributed by atoms with Crippen molar-refractivity contribution in [2.45, 2.75) is 31.8 Å². The second-order valence-electron chi connectivity index (χ2n) is 8.01. The van der Waals surface area contributed by atoms with E-state index in [-0.39, 0.29) is 30.7 Å². The molecule has 174 valence electrons. The Balaban J connectivity index is 1.32. The molecular weight excluding hydrogens is 434 g/mol. The van der Waals surface area contributed by atoms with E-state index in [1.165, 1.54) is 12.3 Å². The summed E-state index contributed by atoms with van der Waals surface area (Å²) in [6.45, 7) is 2.12. The topological polar surface area (TPSA) is 118 Å². The third-order valence-corrected chi connectivity index (χ3v) is 5.87. The summed E-state index contributed by atoms with van der Waals surface area (Å²) in [4.78, 5) is 39.8. The zero-order valence-electron chi connectivity index (χ0n) is 18.7. The van der Waals surface area contributed by atoms with E-state index in [9.17, 15) is 14.4 Å². The Morgan fingerprint density at radius 2 is 1.65 bits per heavy atom. The summed E-state index contributed by atoms with van der Waals surface area (Å²) in [7, 11) is 0. The number of pyridine rings is 1. The summed E-state index contributed by atoms with van der Waals surface area (Å²) in [5, 5.41) is 14.3. The number of aromatic nitrogens is 1. The molecule has 8 nitrogen and oxygen atoms in total. The first-order valence-electron chi connectivity index (χ1n) is 11.1. The Bertz CT molecular complexity index is 1160. The van der Waals surface area contributed by atoms with Gasteiger partial charge >= 0.3 is 12.1 Å². The van der Waals surface area contributed by atoms with Crippen molar-refractivity contribution in [3.8, 4) is 11.1 Å². The maximum Gasteiger partial charge on any atom is 0.407 e. The SMILES string of the molecule is CC[C@H](NC(=O)OCC1c2ccccc2-c2ccccc21)C(=O)NCc1ccc(C(=O)O)nc1. The van der Waals surface area contributed by atoms with Gasteiger partial charge in [-0.05, 0) is 40.3 Å². The van der Waals surface area contributed by atoms with E-state index in [0.717, 1.165) is 22.3 Å². The number of hydrogen-bond donors (Lipinski definition) is 3. The fourth-order valence-corrected chi connectivity index (χ4v) is 4.10. The molecule has 1 aromatic heterocycles. The summed E-state index contributed by atoms with van der Waals surface area (Å²) >= 11 is 0. The first-order chi connectivity index (χ1) is 16.5. The molecule has 0 radical (unpaired) electrons. The minimum absolute atomic E-state index is 0.0617. The molecule has 0 fully saturated rings. The third kappa shape index (κ3) is 4.91. The van der Waals surface area contributed by atoms with E-state index in [0.29, 0.717) is 12.0 Å². The van der Waals surface area contributed by atoms with Gasteiger partial charge in [0.2, 0.25) is 5.91 Å². The van der Waals surface area contributed by atoms with E-state index in [4.69, 9.17) is 9.84 Å². The number of amides is 2. The Hall–Kier alpha value is -4.20. The van der Waals surface area contributed by atoms with Crippen LogP contribution >= 0.6 is 0 Å². The second-order valence-corrected chi connectivity index (χ2v) is 8.01. The number of carbonyl (C=O) groups excluding carboxylic acids is 2. The lowest BCUT2D eigenvalue weighted by Gasteiger charge is -2.18. The lowest BCUT2D eigenvalue weighted by Crippen LogP contribution is -2.46. The highest BCUT2D eigenvalue weighted by Crippen LogP contribution is 2.44. The summed E-state index contributed by atoms with van der Waals surface area (Å²) in [6.07, 6.45) is 1.12. The first kappa shape index (κ1) is 23.0. The number of aromatic carboxylic acids is 1. The van der Waals surface area contributed by atoms with Crippen LogP contribution in [0.2, 0.25) is 0 Å². The van der Waals surface area contributed by atoms with Crippen LogP contribution in [0.15, 0.2) is 66.9 Å². The Labute approximate surface area is 197 Å². The number of hydrogen-bond acceptors (Lipinski definition) is 5. The predicted molar refractivity (Wildman–Crippen MR) is 125 cm³/mol. The molecule has 1 atom stereocenters. The van der Waals surface area contributed by atoms with Gasteiger partial charge in [-0.3, -0.25) is 4.79 Å². The van der Waals surface area contributed by atoms with Crippen LogP contribution in [-0.2, 0) is 16.1 Å². The van der Waals surface area contributed by atoms with Crippen molar-refractivity contribution in [3.05, 3.63) is 89.2 Å². The molecule has 0 aliphatic heterocycles. The van der Waals surface area contributed by atoms with E-state index in [2.05, 4.69) is 27.8 Å². The van der Waals surface area contributed by atoms with Crippen molar-refractivity contribution in [2.75, 3.05) is 6.61 Å². The molecule has 0 bridgehead atoms. The minimum atomic E-state index is -1.12. The number of ether oxygens (including phenoxy) is 1. The van der Waals surface area contributed by atoms with Gasteiger partial charge in [0, 0.05) is 18.7 Å². The number of nitrogens with one attached hydrogen (secondary N) is 2. The number of carbonyl (C=O) groups is 3. The number of rotatable bonds is 8. The van der Waals surface area contributed by atoms with E-state index >= 15 is 0 Å². The zero-order valence-corrected chi connectivity index (χ0v) is 18.7. The number of fused-ring (bicyclic) bond motifs is 3. The Morgan fingerprint density at radius 1 is 1.00 bits per heavy atom. The molecule has 0 spiro atoms. The highest BCUT2D eigenvalue weighted by molar-refractivity contribution is 5.86. The molecule has 2 amide bonds. The molecule has 0 unspecified atom stereocenters. The van der Waals surface area contributed by atoms with Crippen molar-refractivity contribution < 1.29 is 24.2 Å². The van der Waals surface area contributed by atoms with Gasteiger partial charge in [-0.25, -0.2) is 14.6 Å². The molecule has 1 heterocycles. The first-order valence-corrected chi connectivity index (χ1v) is 11.1. The van der Waals surface area contributed by atoms with Gasteiger partial charge in [-0.2, -0.15) is 0 Å². The smallest absolute Gasteiger partial charge is 0.407 e. The zero-order chi connectivity index (χ0) is 24.1. The fourth-order valence-electron chi connectivity index (χ4n) is 4.10. The molecule has 4 rings (SSSR count). The van der Waals surface area contributed by atoms with Gasteiger partial charge in [-0.1, -0.05) is 61.5 Å². The van der Waals surface area contributed by atoms with Crippen molar-refractivity contribution in [1.29, 1.82) is 0 Å². The molecular formula is C26H25N3O5. The standard InChI is InChI=1S/C26H25N3O5/c1-2-22(24(30)28-14-16-11-12-23(25(31)32)27-13-16)29-26(33)34-15-21-19-9-5-3-7-17(19)18-8-4-6-10-20(18)21/h3-13,21-22H,2,14-15H2,1H3,(H,28,30)(H,29,33)(H,31,32)/t22-/m0/s1. The van der Waals surface area contributed by atoms with E-state index in [1.54, 1.807) is 13.0 Å². The maximum atomic E-state index is 12.6. The van der Waals surface area contributed by atoms with Crippen LogP contribution in [0.3, 0.4) is 0 Å². The maximum absolute atomic E-state index is 12.6. The van der Waals surface area contributed by atoms with Crippen LogP contribution in [0.5, 0.6) is 0 Å². The van der Waals surface area contributed by atoms with Crippen molar-refractivity contribution >= 4 is 18.0 Å². The number of alkyl carbamates (subject to hydrolysis) is 1. The monoisotopic (exact) mass is 459 g/mol. The van der Waals surface area contributed by atoms with Crippen molar-refractivity contribution in [2.24, 2.45) is 0 Å². The number of carboxylic acid groups (broad SMARTS) is 1. The molecule has 1 aliphatic rings. The summed E-state index contributed by atoms with van der Waals surface area (Å²) in [6, 6.07) is 18.3. The quantitative estimate of drug-likeness (QED) is 0.473. The molecule has 8 heteroatoms. The van der Waals surface area contributed by atoms with Crippen LogP contribution < -0.4 is 10.6 Å². The van der Waals surface area contributed by atoms with Crippen LogP contribution in [-0.4, -0.2) is 40.7 Å². The lowest BCUT2D eigenvalue weighted by molar-refractivity contribution is -0.123. The Morgan fingerprint density at radius 3 is 2.21 bits per heavy atom. The number of nitrogens with zero attached hydrogens (tertiary/aromatic N) is 1. The highest BCUT2D eigenvalue weighted by atomic mass is 16.5. The summed E-state index contributed by atoms with van der Waals surface area (Å²) in [5.74, 6) is -1.54. The molecule has 34 heavy (non-hydrogen) atoms. The number of carboxylic acids is 1. The van der Waals surface area contributed by atoms with Crippen molar-refractivity contribution in [3.63, 3.8) is 0 Å². The number of benzene rings is 2.